The van der Waals surface area contributed by atoms with E-state index in [9.17, 15) is 4.79 Å². The number of nitrogens with one attached hydrogen (secondary N) is 1. The Hall–Kier alpha value is -2.70. The summed E-state index contributed by atoms with van der Waals surface area (Å²) in [5, 5.41) is 3.47. The highest BCUT2D eigenvalue weighted by Gasteiger charge is 2.15. The highest BCUT2D eigenvalue weighted by molar-refractivity contribution is 7.16. The third-order valence-electron chi connectivity index (χ3n) is 3.94. The summed E-state index contributed by atoms with van der Waals surface area (Å²) in [6.07, 6.45) is 0. The number of carbonyl (C=O) groups is 1. The number of ether oxygens (including phenoxy) is 2. The number of anilines is 1. The standard InChI is InChI=1S/C20H20N2O3S/c1-13-18(14-8-10-16(25-3)11-9-14)21-20(26-13)22-19(23)17-7-5-4-6-15(17)12-24-2/h4-11H,12H2,1-3H3,(H,21,22,23). The molecule has 1 N–H and O–H groups in total. The van der Waals surface area contributed by atoms with Gasteiger partial charge in [0, 0.05) is 23.1 Å². The first kappa shape index (κ1) is 18.1. The van der Waals surface area contributed by atoms with Gasteiger partial charge in [-0.3, -0.25) is 10.1 Å². The lowest BCUT2D eigenvalue weighted by molar-refractivity contribution is 0.102. The van der Waals surface area contributed by atoms with Crippen molar-refractivity contribution in [2.45, 2.75) is 13.5 Å². The summed E-state index contributed by atoms with van der Waals surface area (Å²) in [5.41, 5.74) is 3.28. The summed E-state index contributed by atoms with van der Waals surface area (Å²) in [5.74, 6) is 0.609. The maximum atomic E-state index is 12.6. The molecule has 0 aliphatic heterocycles. The molecule has 3 rings (SSSR count). The van der Waals surface area contributed by atoms with E-state index in [1.165, 1.54) is 11.3 Å². The Morgan fingerprint density at radius 2 is 1.85 bits per heavy atom. The summed E-state index contributed by atoms with van der Waals surface area (Å²) in [6.45, 7) is 2.38. The molecule has 0 aliphatic rings. The van der Waals surface area contributed by atoms with Gasteiger partial charge < -0.3 is 9.47 Å². The normalized spacial score (nSPS) is 10.6. The van der Waals surface area contributed by atoms with Crippen molar-refractivity contribution in [1.29, 1.82) is 0 Å². The van der Waals surface area contributed by atoms with Crippen LogP contribution >= 0.6 is 11.3 Å². The minimum atomic E-state index is -0.187. The number of thiazole rings is 1. The van der Waals surface area contributed by atoms with Crippen LogP contribution in [-0.2, 0) is 11.3 Å². The van der Waals surface area contributed by atoms with E-state index in [0.717, 1.165) is 27.4 Å². The number of hydrogen-bond acceptors (Lipinski definition) is 5. The first-order chi connectivity index (χ1) is 12.6. The molecule has 0 unspecified atom stereocenters. The highest BCUT2D eigenvalue weighted by atomic mass is 32.1. The largest absolute Gasteiger partial charge is 0.497 e. The molecule has 0 aliphatic carbocycles. The van der Waals surface area contributed by atoms with E-state index in [1.54, 1.807) is 20.3 Å². The third-order valence-corrected chi connectivity index (χ3v) is 4.83. The van der Waals surface area contributed by atoms with Crippen LogP contribution in [0, 0.1) is 6.92 Å². The molecule has 1 heterocycles. The summed E-state index contributed by atoms with van der Waals surface area (Å²) in [7, 11) is 3.25. The van der Waals surface area contributed by atoms with Crippen molar-refractivity contribution in [1.82, 2.24) is 4.98 Å². The first-order valence-corrected chi connectivity index (χ1v) is 8.94. The second-order valence-corrected chi connectivity index (χ2v) is 6.90. The van der Waals surface area contributed by atoms with Gasteiger partial charge in [-0.15, -0.1) is 11.3 Å². The fourth-order valence-electron chi connectivity index (χ4n) is 2.65. The Balaban J connectivity index is 1.82. The van der Waals surface area contributed by atoms with E-state index in [-0.39, 0.29) is 5.91 Å². The molecular weight excluding hydrogens is 348 g/mol. The molecule has 26 heavy (non-hydrogen) atoms. The molecule has 1 aromatic heterocycles. The monoisotopic (exact) mass is 368 g/mol. The van der Waals surface area contributed by atoms with Gasteiger partial charge >= 0.3 is 0 Å². The lowest BCUT2D eigenvalue weighted by Crippen LogP contribution is -2.14. The molecular formula is C20H20N2O3S. The molecule has 0 radical (unpaired) electrons. The number of methoxy groups -OCH3 is 2. The van der Waals surface area contributed by atoms with Crippen molar-refractivity contribution >= 4 is 22.4 Å². The highest BCUT2D eigenvalue weighted by Crippen LogP contribution is 2.31. The minimum Gasteiger partial charge on any atom is -0.497 e. The number of nitrogens with zero attached hydrogens (tertiary/aromatic N) is 1. The van der Waals surface area contributed by atoms with Gasteiger partial charge in [0.15, 0.2) is 5.13 Å². The van der Waals surface area contributed by atoms with E-state index in [4.69, 9.17) is 9.47 Å². The SMILES string of the molecule is COCc1ccccc1C(=O)Nc1nc(-c2ccc(OC)cc2)c(C)s1. The van der Waals surface area contributed by atoms with Gasteiger partial charge in [0.25, 0.3) is 5.91 Å². The number of rotatable bonds is 6. The van der Waals surface area contributed by atoms with Gasteiger partial charge in [0.1, 0.15) is 5.75 Å². The fraction of sp³-hybridized carbons (Fsp3) is 0.200. The van der Waals surface area contributed by atoms with Gasteiger partial charge in [0.2, 0.25) is 0 Å². The lowest BCUT2D eigenvalue weighted by atomic mass is 10.1. The lowest BCUT2D eigenvalue weighted by Gasteiger charge is -2.07. The van der Waals surface area contributed by atoms with Crippen molar-refractivity contribution in [3.8, 4) is 17.0 Å². The van der Waals surface area contributed by atoms with Crippen LogP contribution in [0.4, 0.5) is 5.13 Å². The van der Waals surface area contributed by atoms with Crippen LogP contribution in [0.25, 0.3) is 11.3 Å². The van der Waals surface area contributed by atoms with Crippen LogP contribution in [0.3, 0.4) is 0 Å². The molecule has 6 heteroatoms. The van der Waals surface area contributed by atoms with E-state index in [2.05, 4.69) is 10.3 Å². The second-order valence-electron chi connectivity index (χ2n) is 5.70. The van der Waals surface area contributed by atoms with Crippen molar-refractivity contribution in [2.24, 2.45) is 0 Å². The molecule has 134 valence electrons. The van der Waals surface area contributed by atoms with Gasteiger partial charge in [-0.05, 0) is 42.8 Å². The van der Waals surface area contributed by atoms with Gasteiger partial charge in [-0.25, -0.2) is 4.98 Å². The molecule has 0 fully saturated rings. The maximum absolute atomic E-state index is 12.6. The maximum Gasteiger partial charge on any atom is 0.257 e. The number of amides is 1. The van der Waals surface area contributed by atoms with Crippen molar-refractivity contribution < 1.29 is 14.3 Å². The summed E-state index contributed by atoms with van der Waals surface area (Å²) >= 11 is 1.46. The molecule has 0 saturated carbocycles. The van der Waals surface area contributed by atoms with Crippen LogP contribution in [-0.4, -0.2) is 25.1 Å². The van der Waals surface area contributed by atoms with E-state index < -0.39 is 0 Å². The molecule has 1 amide bonds. The summed E-state index contributed by atoms with van der Waals surface area (Å²) < 4.78 is 10.4. The smallest absolute Gasteiger partial charge is 0.257 e. The van der Waals surface area contributed by atoms with Crippen LogP contribution in [0.2, 0.25) is 0 Å². The second kappa shape index (κ2) is 8.12. The van der Waals surface area contributed by atoms with Gasteiger partial charge in [0.05, 0.1) is 19.4 Å². The fourth-order valence-corrected chi connectivity index (χ4v) is 3.49. The number of hydrogen-bond donors (Lipinski definition) is 1. The number of aryl methyl sites for hydroxylation is 1. The summed E-state index contributed by atoms with van der Waals surface area (Å²) in [6, 6.07) is 15.1. The average Bonchev–Trinajstić information content (AvgIpc) is 3.02. The Bertz CT molecular complexity index is 904. The number of carbonyl (C=O) groups excluding carboxylic acids is 1. The molecule has 5 nitrogen and oxygen atoms in total. The minimum absolute atomic E-state index is 0.187. The first-order valence-electron chi connectivity index (χ1n) is 8.12. The molecule has 0 saturated heterocycles. The zero-order valence-electron chi connectivity index (χ0n) is 14.9. The number of aromatic nitrogens is 1. The van der Waals surface area contributed by atoms with Crippen LogP contribution in [0.15, 0.2) is 48.5 Å². The van der Waals surface area contributed by atoms with E-state index in [1.807, 2.05) is 49.4 Å². The third kappa shape index (κ3) is 3.92. The average molecular weight is 368 g/mol. The summed E-state index contributed by atoms with van der Waals surface area (Å²) in [4.78, 5) is 18.3. The van der Waals surface area contributed by atoms with Crippen molar-refractivity contribution in [3.63, 3.8) is 0 Å². The molecule has 0 bridgehead atoms. The Morgan fingerprint density at radius 1 is 1.12 bits per heavy atom. The van der Waals surface area contributed by atoms with Crippen molar-refractivity contribution in [2.75, 3.05) is 19.5 Å². The van der Waals surface area contributed by atoms with Crippen LogP contribution in [0.5, 0.6) is 5.75 Å². The van der Waals surface area contributed by atoms with E-state index >= 15 is 0 Å². The molecule has 0 spiro atoms. The van der Waals surface area contributed by atoms with Gasteiger partial charge in [-0.1, -0.05) is 18.2 Å². The topological polar surface area (TPSA) is 60.5 Å². The van der Waals surface area contributed by atoms with Gasteiger partial charge in [-0.2, -0.15) is 0 Å². The predicted molar refractivity (Wildman–Crippen MR) is 104 cm³/mol. The Morgan fingerprint density at radius 3 is 2.54 bits per heavy atom. The molecule has 2 aromatic carbocycles. The number of benzene rings is 2. The Kier molecular flexibility index (Phi) is 5.65. The zero-order valence-corrected chi connectivity index (χ0v) is 15.7. The predicted octanol–water partition coefficient (Wildman–Crippen LogP) is 4.53. The molecule has 0 atom stereocenters. The molecule has 3 aromatic rings. The van der Waals surface area contributed by atoms with Crippen LogP contribution in [0.1, 0.15) is 20.8 Å². The van der Waals surface area contributed by atoms with Crippen LogP contribution < -0.4 is 10.1 Å². The quantitative estimate of drug-likeness (QED) is 0.695. The van der Waals surface area contributed by atoms with E-state index in [0.29, 0.717) is 17.3 Å². The van der Waals surface area contributed by atoms with Crippen molar-refractivity contribution in [3.05, 3.63) is 64.5 Å². The Labute approximate surface area is 156 Å². The zero-order chi connectivity index (χ0) is 18.5.